The Balaban J connectivity index is 1.84. The van der Waals surface area contributed by atoms with Crippen LogP contribution in [0.1, 0.15) is 27.2 Å². The lowest BCUT2D eigenvalue weighted by molar-refractivity contribution is -0.142. The zero-order valence-corrected chi connectivity index (χ0v) is 16.0. The molecule has 3 aromatic rings. The van der Waals surface area contributed by atoms with Crippen molar-refractivity contribution in [3.8, 4) is 22.8 Å². The van der Waals surface area contributed by atoms with Gasteiger partial charge in [0.05, 0.1) is 33.1 Å². The summed E-state index contributed by atoms with van der Waals surface area (Å²) in [6.07, 6.45) is -8.49. The highest BCUT2D eigenvalue weighted by Gasteiger charge is 2.41. The number of fused-ring (bicyclic) bond motifs is 1. The van der Waals surface area contributed by atoms with Crippen molar-refractivity contribution in [2.75, 3.05) is 6.54 Å². The topological polar surface area (TPSA) is 70.7 Å². The molecule has 0 saturated heterocycles. The molecule has 1 aliphatic rings. The van der Waals surface area contributed by atoms with Crippen LogP contribution in [-0.2, 0) is 18.8 Å². The summed E-state index contributed by atoms with van der Waals surface area (Å²) < 4.78 is 79.7. The van der Waals surface area contributed by atoms with E-state index in [1.54, 1.807) is 0 Å². The fraction of sp³-hybridized carbons (Fsp3) is 0.211. The molecule has 0 aliphatic carbocycles. The van der Waals surface area contributed by atoms with E-state index < -0.39 is 34.1 Å². The van der Waals surface area contributed by atoms with Crippen molar-refractivity contribution >= 4 is 17.5 Å². The van der Waals surface area contributed by atoms with Crippen LogP contribution in [0.4, 0.5) is 26.3 Å². The van der Waals surface area contributed by atoms with Crippen LogP contribution in [0.25, 0.3) is 22.8 Å². The SMILES string of the molecule is O=C1NCCc2[nH]c(-c3ccnc(-c4cc(C(F)(F)F)c(Cl)c(C(F)(F)F)c4)n3)cc21. The summed E-state index contributed by atoms with van der Waals surface area (Å²) in [6.45, 7) is 0.437. The molecular weight excluding hydrogens is 450 g/mol. The maximum atomic E-state index is 13.3. The molecule has 31 heavy (non-hydrogen) atoms. The Morgan fingerprint density at radius 3 is 2.23 bits per heavy atom. The van der Waals surface area contributed by atoms with Crippen molar-refractivity contribution in [3.63, 3.8) is 0 Å². The maximum Gasteiger partial charge on any atom is 0.417 e. The lowest BCUT2D eigenvalue weighted by Crippen LogP contribution is -2.31. The van der Waals surface area contributed by atoms with Crippen molar-refractivity contribution < 1.29 is 31.1 Å². The first-order valence-electron chi connectivity index (χ1n) is 8.77. The molecule has 0 atom stereocenters. The standard InChI is InChI=1S/C19H11ClF6N4O/c20-15-10(18(21,22)23)5-8(6-11(15)19(24,25)26)16-27-3-2-13(30-16)14-7-9-12(29-14)1-4-28-17(9)31/h2-3,5-7,29H,1,4H2,(H,28,31). The number of alkyl halides is 6. The van der Waals surface area contributed by atoms with E-state index in [1.165, 1.54) is 18.3 Å². The number of hydrogen-bond acceptors (Lipinski definition) is 3. The van der Waals surface area contributed by atoms with Gasteiger partial charge in [0.1, 0.15) is 0 Å². The molecule has 0 fully saturated rings. The average molecular weight is 461 g/mol. The highest BCUT2D eigenvalue weighted by Crippen LogP contribution is 2.44. The molecule has 0 saturated carbocycles. The highest BCUT2D eigenvalue weighted by molar-refractivity contribution is 6.32. The van der Waals surface area contributed by atoms with E-state index >= 15 is 0 Å². The molecule has 4 rings (SSSR count). The van der Waals surface area contributed by atoms with Gasteiger partial charge < -0.3 is 10.3 Å². The second-order valence-corrected chi connectivity index (χ2v) is 7.11. The number of rotatable bonds is 2. The van der Waals surface area contributed by atoms with Gasteiger partial charge in [-0.2, -0.15) is 26.3 Å². The summed E-state index contributed by atoms with van der Waals surface area (Å²) in [6, 6.07) is 3.89. The molecule has 1 amide bonds. The second kappa shape index (κ2) is 7.26. The number of carbonyl (C=O) groups is 1. The van der Waals surface area contributed by atoms with Crippen LogP contribution in [0.5, 0.6) is 0 Å². The summed E-state index contributed by atoms with van der Waals surface area (Å²) in [7, 11) is 0. The van der Waals surface area contributed by atoms with Gasteiger partial charge in [-0.3, -0.25) is 4.79 Å². The van der Waals surface area contributed by atoms with Gasteiger partial charge in [-0.05, 0) is 24.3 Å². The molecule has 12 heteroatoms. The van der Waals surface area contributed by atoms with Crippen LogP contribution < -0.4 is 5.32 Å². The van der Waals surface area contributed by atoms with Crippen molar-refractivity contribution in [3.05, 3.63) is 57.9 Å². The number of carbonyl (C=O) groups excluding carboxylic acids is 1. The van der Waals surface area contributed by atoms with Crippen LogP contribution in [0.15, 0.2) is 30.5 Å². The van der Waals surface area contributed by atoms with Gasteiger partial charge in [0, 0.05) is 30.4 Å². The first-order chi connectivity index (χ1) is 14.4. The Hall–Kier alpha value is -3.08. The number of aromatic nitrogens is 3. The normalized spacial score (nSPS) is 14.4. The van der Waals surface area contributed by atoms with Gasteiger partial charge in [0.25, 0.3) is 5.91 Å². The molecule has 0 unspecified atom stereocenters. The minimum atomic E-state index is -5.11. The van der Waals surface area contributed by atoms with E-state index in [4.69, 9.17) is 11.6 Å². The Bertz CT molecular complexity index is 1150. The monoisotopic (exact) mass is 460 g/mol. The van der Waals surface area contributed by atoms with E-state index in [1.807, 2.05) is 0 Å². The molecule has 3 heterocycles. The molecular formula is C19H11ClF6N4O. The summed E-state index contributed by atoms with van der Waals surface area (Å²) in [4.78, 5) is 22.9. The van der Waals surface area contributed by atoms with E-state index in [-0.39, 0.29) is 17.4 Å². The van der Waals surface area contributed by atoms with Gasteiger partial charge >= 0.3 is 12.4 Å². The molecule has 1 aromatic carbocycles. The number of hydrogen-bond donors (Lipinski definition) is 2. The average Bonchev–Trinajstić information content (AvgIpc) is 3.12. The molecule has 5 nitrogen and oxygen atoms in total. The highest BCUT2D eigenvalue weighted by atomic mass is 35.5. The molecule has 0 radical (unpaired) electrons. The molecule has 2 aromatic heterocycles. The lowest BCUT2D eigenvalue weighted by atomic mass is 10.0. The lowest BCUT2D eigenvalue weighted by Gasteiger charge is -2.16. The molecule has 2 N–H and O–H groups in total. The van der Waals surface area contributed by atoms with Crippen molar-refractivity contribution in [1.82, 2.24) is 20.3 Å². The third-order valence-corrected chi connectivity index (χ3v) is 5.08. The minimum Gasteiger partial charge on any atom is -0.356 e. The minimum absolute atomic E-state index is 0.198. The molecule has 1 aliphatic heterocycles. The Morgan fingerprint density at radius 1 is 1.00 bits per heavy atom. The Labute approximate surface area is 175 Å². The third-order valence-electron chi connectivity index (χ3n) is 4.68. The predicted molar refractivity (Wildman–Crippen MR) is 98.3 cm³/mol. The van der Waals surface area contributed by atoms with Crippen LogP contribution >= 0.6 is 11.6 Å². The number of benzene rings is 1. The van der Waals surface area contributed by atoms with Crippen molar-refractivity contribution in [1.29, 1.82) is 0 Å². The second-order valence-electron chi connectivity index (χ2n) is 6.73. The van der Waals surface area contributed by atoms with Gasteiger partial charge in [-0.25, -0.2) is 9.97 Å². The zero-order valence-electron chi connectivity index (χ0n) is 15.2. The number of amides is 1. The molecule has 0 bridgehead atoms. The maximum absolute atomic E-state index is 13.3. The van der Waals surface area contributed by atoms with Gasteiger partial charge in [-0.1, -0.05) is 11.6 Å². The first kappa shape index (κ1) is 21.2. The van der Waals surface area contributed by atoms with Crippen LogP contribution in [0, 0.1) is 0 Å². The largest absolute Gasteiger partial charge is 0.417 e. The van der Waals surface area contributed by atoms with Crippen molar-refractivity contribution in [2.45, 2.75) is 18.8 Å². The third kappa shape index (κ3) is 3.97. The van der Waals surface area contributed by atoms with Crippen molar-refractivity contribution in [2.24, 2.45) is 0 Å². The van der Waals surface area contributed by atoms with E-state index in [9.17, 15) is 31.1 Å². The fourth-order valence-electron chi connectivity index (χ4n) is 3.25. The quantitative estimate of drug-likeness (QED) is 0.522. The number of H-pyrrole nitrogens is 1. The summed E-state index contributed by atoms with van der Waals surface area (Å²) in [5.41, 5.74) is -2.15. The summed E-state index contributed by atoms with van der Waals surface area (Å²) >= 11 is 5.41. The number of nitrogens with one attached hydrogen (secondary N) is 2. The molecule has 162 valence electrons. The fourth-order valence-corrected chi connectivity index (χ4v) is 3.57. The first-order valence-corrected chi connectivity index (χ1v) is 9.15. The van der Waals surface area contributed by atoms with Gasteiger partial charge in [0.15, 0.2) is 5.82 Å². The molecule has 0 spiro atoms. The van der Waals surface area contributed by atoms with Gasteiger partial charge in [-0.15, -0.1) is 0 Å². The van der Waals surface area contributed by atoms with Gasteiger partial charge in [0.2, 0.25) is 0 Å². The van der Waals surface area contributed by atoms with Crippen LogP contribution in [0.2, 0.25) is 5.02 Å². The number of nitrogens with zero attached hydrogens (tertiary/aromatic N) is 2. The van der Waals surface area contributed by atoms with E-state index in [2.05, 4.69) is 20.3 Å². The summed E-state index contributed by atoms with van der Waals surface area (Å²) in [5, 5.41) is 1.23. The van der Waals surface area contributed by atoms with Crippen LogP contribution in [-0.4, -0.2) is 27.4 Å². The van der Waals surface area contributed by atoms with Crippen LogP contribution in [0.3, 0.4) is 0 Å². The number of aromatic amines is 1. The smallest absolute Gasteiger partial charge is 0.356 e. The summed E-state index contributed by atoms with van der Waals surface area (Å²) in [5.74, 6) is -0.650. The van der Waals surface area contributed by atoms with E-state index in [0.717, 1.165) is 0 Å². The predicted octanol–water partition coefficient (Wildman–Crippen LogP) is 5.12. The van der Waals surface area contributed by atoms with E-state index in [0.29, 0.717) is 42.0 Å². The zero-order chi connectivity index (χ0) is 22.6. The Morgan fingerprint density at radius 2 is 1.65 bits per heavy atom. The number of halogens is 7. The Kier molecular flexibility index (Phi) is 4.95.